The van der Waals surface area contributed by atoms with Crippen LogP contribution in [0.3, 0.4) is 0 Å². The minimum Gasteiger partial charge on any atom is -0.351 e. The van der Waals surface area contributed by atoms with Crippen LogP contribution in [0.5, 0.6) is 0 Å². The summed E-state index contributed by atoms with van der Waals surface area (Å²) >= 11 is 0. The van der Waals surface area contributed by atoms with Gasteiger partial charge in [-0.2, -0.15) is 0 Å². The van der Waals surface area contributed by atoms with Crippen LogP contribution in [0.15, 0.2) is 60.9 Å². The van der Waals surface area contributed by atoms with Gasteiger partial charge in [-0.25, -0.2) is 9.97 Å². The molecule has 0 saturated heterocycles. The van der Waals surface area contributed by atoms with Crippen molar-refractivity contribution in [3.63, 3.8) is 0 Å². The van der Waals surface area contributed by atoms with Crippen molar-refractivity contribution < 1.29 is 0 Å². The number of para-hydroxylation sites is 1. The average Bonchev–Trinajstić information content (AvgIpc) is 3.23. The minimum absolute atomic E-state index is 0.826. The van der Waals surface area contributed by atoms with Gasteiger partial charge in [-0.1, -0.05) is 24.3 Å². The van der Waals surface area contributed by atoms with E-state index in [0.717, 1.165) is 42.8 Å². The number of benzene rings is 2. The van der Waals surface area contributed by atoms with E-state index in [4.69, 9.17) is 4.98 Å². The summed E-state index contributed by atoms with van der Waals surface area (Å²) in [6, 6.07) is 17.7. The second-order valence-electron chi connectivity index (χ2n) is 8.97. The van der Waals surface area contributed by atoms with Gasteiger partial charge in [-0.05, 0) is 63.2 Å². The Bertz CT molecular complexity index is 1470. The van der Waals surface area contributed by atoms with Gasteiger partial charge in [-0.3, -0.25) is 0 Å². The summed E-state index contributed by atoms with van der Waals surface area (Å²) in [7, 11) is 4.30. The third-order valence-electron chi connectivity index (χ3n) is 6.76. The van der Waals surface area contributed by atoms with Crippen LogP contribution >= 0.6 is 0 Å². The molecule has 2 aromatic carbocycles. The molecule has 32 heavy (non-hydrogen) atoms. The number of rotatable bonds is 2. The zero-order valence-corrected chi connectivity index (χ0v) is 18.8. The molecule has 0 aliphatic carbocycles. The quantitative estimate of drug-likeness (QED) is 0.390. The van der Waals surface area contributed by atoms with Gasteiger partial charge in [-0.15, -0.1) is 0 Å². The first-order chi connectivity index (χ1) is 15.6. The molecule has 3 aromatic heterocycles. The van der Waals surface area contributed by atoms with Crippen molar-refractivity contribution in [1.29, 1.82) is 0 Å². The van der Waals surface area contributed by atoms with Crippen molar-refractivity contribution in [2.75, 3.05) is 13.6 Å². The van der Waals surface area contributed by atoms with Gasteiger partial charge in [0.1, 0.15) is 5.82 Å². The van der Waals surface area contributed by atoms with Gasteiger partial charge >= 0.3 is 0 Å². The Balaban J connectivity index is 1.63. The van der Waals surface area contributed by atoms with Crippen molar-refractivity contribution in [2.45, 2.75) is 26.3 Å². The van der Waals surface area contributed by atoms with E-state index in [9.17, 15) is 0 Å². The highest BCUT2D eigenvalue weighted by Crippen LogP contribution is 2.36. The second kappa shape index (κ2) is 7.31. The lowest BCUT2D eigenvalue weighted by molar-refractivity contribution is 0.333. The third-order valence-corrected chi connectivity index (χ3v) is 6.76. The molecular weight excluding hydrogens is 394 g/mol. The summed E-state index contributed by atoms with van der Waals surface area (Å²) in [5.41, 5.74) is 9.82. The van der Waals surface area contributed by atoms with Gasteiger partial charge in [0.25, 0.3) is 0 Å². The van der Waals surface area contributed by atoms with E-state index >= 15 is 0 Å². The number of hydrogen-bond acceptors (Lipinski definition) is 3. The molecular formula is C27H27N5. The topological polar surface area (TPSA) is 38.9 Å². The van der Waals surface area contributed by atoms with E-state index in [1.54, 1.807) is 0 Å². The molecule has 5 nitrogen and oxygen atoms in total. The normalized spacial score (nSPS) is 14.7. The van der Waals surface area contributed by atoms with E-state index in [1.165, 1.54) is 39.0 Å². The number of nitrogens with zero attached hydrogens (tertiary/aromatic N) is 5. The molecule has 0 bridgehead atoms. The SMILES string of the molecule is Cc1ncc2c(n1)c1c(n2-c2ccccc2-c2ccc3c(ccn3C)c2)CCCN(C)C1. The molecule has 5 aromatic rings. The molecule has 6 rings (SSSR count). The van der Waals surface area contributed by atoms with E-state index in [-0.39, 0.29) is 0 Å². The lowest BCUT2D eigenvalue weighted by Crippen LogP contribution is -2.17. The van der Waals surface area contributed by atoms with Crippen LogP contribution in [0, 0.1) is 6.92 Å². The Labute approximate surface area is 187 Å². The predicted molar refractivity (Wildman–Crippen MR) is 130 cm³/mol. The Morgan fingerprint density at radius 3 is 2.75 bits per heavy atom. The van der Waals surface area contributed by atoms with Gasteiger partial charge in [0, 0.05) is 47.5 Å². The summed E-state index contributed by atoms with van der Waals surface area (Å²) in [5.74, 6) is 0.826. The number of fused-ring (bicyclic) bond motifs is 4. The number of aryl methyl sites for hydroxylation is 2. The van der Waals surface area contributed by atoms with Crippen molar-refractivity contribution in [1.82, 2.24) is 24.0 Å². The summed E-state index contributed by atoms with van der Waals surface area (Å²) in [6.45, 7) is 4.01. The largest absolute Gasteiger partial charge is 0.351 e. The molecule has 0 radical (unpaired) electrons. The Morgan fingerprint density at radius 1 is 0.969 bits per heavy atom. The summed E-state index contributed by atoms with van der Waals surface area (Å²) in [4.78, 5) is 11.9. The first-order valence-electron chi connectivity index (χ1n) is 11.3. The van der Waals surface area contributed by atoms with Gasteiger partial charge in [0.05, 0.1) is 22.9 Å². The zero-order chi connectivity index (χ0) is 21.8. The van der Waals surface area contributed by atoms with Gasteiger partial charge in [0.2, 0.25) is 0 Å². The van der Waals surface area contributed by atoms with E-state index < -0.39 is 0 Å². The molecule has 0 amide bonds. The maximum Gasteiger partial charge on any atom is 0.126 e. The summed E-state index contributed by atoms with van der Waals surface area (Å²) in [5, 5.41) is 1.26. The van der Waals surface area contributed by atoms with Crippen LogP contribution in [-0.2, 0) is 20.0 Å². The van der Waals surface area contributed by atoms with Crippen LogP contribution in [-0.4, -0.2) is 37.6 Å². The Morgan fingerprint density at radius 2 is 1.84 bits per heavy atom. The van der Waals surface area contributed by atoms with Crippen LogP contribution in [0.1, 0.15) is 23.5 Å². The summed E-state index contributed by atoms with van der Waals surface area (Å²) in [6.07, 6.45) is 6.31. The fourth-order valence-corrected chi connectivity index (χ4v) is 5.20. The minimum atomic E-state index is 0.826. The standard InChI is InChI=1S/C27H27N5/c1-18-28-16-26-27(29-18)22-17-30(2)13-6-9-25(22)32(26)24-8-5-4-7-21(24)19-10-11-23-20(15-19)12-14-31(23)3/h4-5,7-8,10-12,14-16H,6,9,13,17H2,1-3H3. The van der Waals surface area contributed by atoms with Crippen LogP contribution in [0.25, 0.3) is 38.8 Å². The number of aromatic nitrogens is 4. The third kappa shape index (κ3) is 2.96. The molecule has 160 valence electrons. The summed E-state index contributed by atoms with van der Waals surface area (Å²) < 4.78 is 4.59. The van der Waals surface area contributed by atoms with E-state index in [0.29, 0.717) is 0 Å². The van der Waals surface area contributed by atoms with Crippen molar-refractivity contribution in [3.05, 3.63) is 78.0 Å². The highest BCUT2D eigenvalue weighted by atomic mass is 15.1. The van der Waals surface area contributed by atoms with Crippen LogP contribution in [0.2, 0.25) is 0 Å². The Hall–Kier alpha value is -3.44. The Kier molecular flexibility index (Phi) is 4.40. The highest BCUT2D eigenvalue weighted by Gasteiger charge is 2.24. The van der Waals surface area contributed by atoms with Crippen LogP contribution < -0.4 is 0 Å². The van der Waals surface area contributed by atoms with Gasteiger partial charge in [0.15, 0.2) is 0 Å². The number of hydrogen-bond donors (Lipinski definition) is 0. The molecule has 0 spiro atoms. The fraction of sp³-hybridized carbons (Fsp3) is 0.259. The van der Waals surface area contributed by atoms with Crippen molar-refractivity contribution >= 4 is 21.9 Å². The molecule has 0 N–H and O–H groups in total. The lowest BCUT2D eigenvalue weighted by atomic mass is 10.0. The molecule has 0 atom stereocenters. The van der Waals surface area contributed by atoms with Crippen LogP contribution in [0.4, 0.5) is 0 Å². The molecule has 5 heteroatoms. The molecule has 0 unspecified atom stereocenters. The fourth-order valence-electron chi connectivity index (χ4n) is 5.20. The average molecular weight is 422 g/mol. The van der Waals surface area contributed by atoms with Gasteiger partial charge < -0.3 is 14.0 Å². The first kappa shape index (κ1) is 19.3. The molecule has 4 heterocycles. The monoisotopic (exact) mass is 421 g/mol. The molecule has 1 aliphatic rings. The van der Waals surface area contributed by atoms with E-state index in [2.05, 4.69) is 87.8 Å². The second-order valence-corrected chi connectivity index (χ2v) is 8.97. The molecule has 1 aliphatic heterocycles. The molecule has 0 fully saturated rings. The predicted octanol–water partition coefficient (Wildman–Crippen LogP) is 5.27. The maximum atomic E-state index is 4.90. The van der Waals surface area contributed by atoms with E-state index in [1.807, 2.05) is 13.1 Å². The smallest absolute Gasteiger partial charge is 0.126 e. The van der Waals surface area contributed by atoms with Crippen molar-refractivity contribution in [2.24, 2.45) is 7.05 Å². The maximum absolute atomic E-state index is 4.90. The molecule has 0 saturated carbocycles. The lowest BCUT2D eigenvalue weighted by Gasteiger charge is -2.16. The highest BCUT2D eigenvalue weighted by molar-refractivity contribution is 5.89. The first-order valence-corrected chi connectivity index (χ1v) is 11.3. The zero-order valence-electron chi connectivity index (χ0n) is 18.8. The van der Waals surface area contributed by atoms with Crippen molar-refractivity contribution in [3.8, 4) is 16.8 Å².